The lowest BCUT2D eigenvalue weighted by Crippen LogP contribution is -1.95. The minimum atomic E-state index is 0.150. The van der Waals surface area contributed by atoms with Gasteiger partial charge in [-0.3, -0.25) is 0 Å². The van der Waals surface area contributed by atoms with Gasteiger partial charge in [0.05, 0.1) is 5.69 Å². The van der Waals surface area contributed by atoms with E-state index >= 15 is 0 Å². The maximum atomic E-state index is 8.84. The average Bonchev–Trinajstić information content (AvgIpc) is 2.76. The Balaban J connectivity index is 2.14. The first-order valence-corrected chi connectivity index (χ1v) is 5.38. The Morgan fingerprint density at radius 1 is 1.43 bits per heavy atom. The van der Waals surface area contributed by atoms with E-state index in [-0.39, 0.29) is 6.61 Å². The van der Waals surface area contributed by atoms with Crippen LogP contribution in [0.5, 0.6) is 0 Å². The van der Waals surface area contributed by atoms with E-state index in [1.165, 1.54) is 25.7 Å². The van der Waals surface area contributed by atoms with Crippen molar-refractivity contribution in [1.29, 1.82) is 0 Å². The van der Waals surface area contributed by atoms with Gasteiger partial charge in [0.2, 0.25) is 0 Å². The van der Waals surface area contributed by atoms with Crippen molar-refractivity contribution >= 4 is 0 Å². The molecule has 0 unspecified atom stereocenters. The average molecular weight is 195 g/mol. The summed E-state index contributed by atoms with van der Waals surface area (Å²) >= 11 is 0. The second-order valence-corrected chi connectivity index (χ2v) is 4.01. The van der Waals surface area contributed by atoms with E-state index in [9.17, 15) is 0 Å². The maximum Gasteiger partial charge on any atom is 0.197 e. The summed E-state index contributed by atoms with van der Waals surface area (Å²) in [4.78, 5) is 4.45. The van der Waals surface area contributed by atoms with Crippen LogP contribution in [-0.2, 0) is 6.42 Å². The third-order valence-corrected chi connectivity index (χ3v) is 2.96. The van der Waals surface area contributed by atoms with Gasteiger partial charge in [0.1, 0.15) is 5.76 Å². The van der Waals surface area contributed by atoms with Crippen LogP contribution in [-0.4, -0.2) is 16.7 Å². The zero-order valence-corrected chi connectivity index (χ0v) is 8.62. The van der Waals surface area contributed by atoms with Crippen molar-refractivity contribution in [3.63, 3.8) is 0 Å². The highest BCUT2D eigenvalue weighted by atomic mass is 16.4. The molecular weight excluding hydrogens is 178 g/mol. The maximum absolute atomic E-state index is 8.84. The summed E-state index contributed by atoms with van der Waals surface area (Å²) in [6, 6.07) is 0. The third kappa shape index (κ3) is 1.82. The molecule has 0 amide bonds. The summed E-state index contributed by atoms with van der Waals surface area (Å²) in [5.74, 6) is 2.30. The molecule has 0 aromatic carbocycles. The Morgan fingerprint density at radius 2 is 2.14 bits per heavy atom. The summed E-state index contributed by atoms with van der Waals surface area (Å²) in [6.07, 6.45) is 5.61. The van der Waals surface area contributed by atoms with Gasteiger partial charge in [0.25, 0.3) is 0 Å². The summed E-state index contributed by atoms with van der Waals surface area (Å²) < 4.78 is 5.63. The first-order chi connectivity index (χ1) is 6.81. The molecule has 1 saturated carbocycles. The number of rotatable bonds is 3. The summed E-state index contributed by atoms with van der Waals surface area (Å²) in [6.45, 7) is 2.08. The fourth-order valence-corrected chi connectivity index (χ4v) is 2.14. The predicted octanol–water partition coefficient (Wildman–Crippen LogP) is 2.18. The van der Waals surface area contributed by atoms with Crippen molar-refractivity contribution in [2.75, 3.05) is 6.61 Å². The van der Waals surface area contributed by atoms with Gasteiger partial charge in [-0.15, -0.1) is 0 Å². The Morgan fingerprint density at radius 3 is 2.79 bits per heavy atom. The second kappa shape index (κ2) is 4.13. The molecule has 1 aliphatic rings. The third-order valence-electron chi connectivity index (χ3n) is 2.96. The molecule has 1 heterocycles. The van der Waals surface area contributed by atoms with E-state index in [1.54, 1.807) is 0 Å². The molecule has 3 nitrogen and oxygen atoms in total. The molecule has 0 atom stereocenters. The highest BCUT2D eigenvalue weighted by Gasteiger charge is 2.22. The van der Waals surface area contributed by atoms with Gasteiger partial charge in [-0.2, -0.15) is 0 Å². The van der Waals surface area contributed by atoms with Crippen molar-refractivity contribution in [3.05, 3.63) is 17.3 Å². The normalized spacial score (nSPS) is 17.9. The largest absolute Gasteiger partial charge is 0.445 e. The molecule has 0 radical (unpaired) electrons. The molecule has 1 aromatic rings. The number of aliphatic hydroxyl groups is 1. The minimum Gasteiger partial charge on any atom is -0.445 e. The fourth-order valence-electron chi connectivity index (χ4n) is 2.14. The van der Waals surface area contributed by atoms with Crippen LogP contribution in [0.4, 0.5) is 0 Å². The van der Waals surface area contributed by atoms with Crippen molar-refractivity contribution in [2.24, 2.45) is 0 Å². The summed E-state index contributed by atoms with van der Waals surface area (Å²) in [5, 5.41) is 8.84. The van der Waals surface area contributed by atoms with E-state index < -0.39 is 0 Å². The van der Waals surface area contributed by atoms with Crippen LogP contribution < -0.4 is 0 Å². The molecule has 1 aromatic heterocycles. The number of aryl methyl sites for hydroxylation is 1. The van der Waals surface area contributed by atoms with Crippen LogP contribution in [0.2, 0.25) is 0 Å². The van der Waals surface area contributed by atoms with E-state index in [2.05, 4.69) is 4.98 Å². The highest BCUT2D eigenvalue weighted by molar-refractivity contribution is 5.11. The lowest BCUT2D eigenvalue weighted by atomic mass is 10.1. The molecule has 1 aliphatic carbocycles. The molecule has 0 bridgehead atoms. The number of hydrogen-bond donors (Lipinski definition) is 1. The SMILES string of the molecule is Cc1oc(C2CCCC2)nc1CCO. The second-order valence-electron chi connectivity index (χ2n) is 4.01. The Hall–Kier alpha value is -0.830. The molecule has 2 rings (SSSR count). The molecular formula is C11H17NO2. The Labute approximate surface area is 84.2 Å². The molecule has 14 heavy (non-hydrogen) atoms. The summed E-state index contributed by atoms with van der Waals surface area (Å²) in [7, 11) is 0. The molecule has 0 aliphatic heterocycles. The highest BCUT2D eigenvalue weighted by Crippen LogP contribution is 2.34. The number of aromatic nitrogens is 1. The zero-order valence-electron chi connectivity index (χ0n) is 8.62. The van der Waals surface area contributed by atoms with Crippen molar-refractivity contribution in [3.8, 4) is 0 Å². The first kappa shape index (κ1) is 9.71. The van der Waals surface area contributed by atoms with Crippen LogP contribution in [0, 0.1) is 6.92 Å². The fraction of sp³-hybridized carbons (Fsp3) is 0.727. The molecule has 0 saturated heterocycles. The molecule has 1 fully saturated rings. The van der Waals surface area contributed by atoms with Crippen LogP contribution in [0.1, 0.15) is 48.9 Å². The van der Waals surface area contributed by atoms with E-state index in [1.807, 2.05) is 6.92 Å². The van der Waals surface area contributed by atoms with Crippen molar-refractivity contribution in [2.45, 2.75) is 44.9 Å². The zero-order chi connectivity index (χ0) is 9.97. The smallest absolute Gasteiger partial charge is 0.197 e. The van der Waals surface area contributed by atoms with Gasteiger partial charge in [0.15, 0.2) is 5.89 Å². The number of hydrogen-bond acceptors (Lipinski definition) is 3. The molecule has 1 N–H and O–H groups in total. The Kier molecular flexibility index (Phi) is 2.87. The van der Waals surface area contributed by atoms with Gasteiger partial charge in [-0.1, -0.05) is 12.8 Å². The number of oxazole rings is 1. The van der Waals surface area contributed by atoms with E-state index in [0.29, 0.717) is 12.3 Å². The van der Waals surface area contributed by atoms with Crippen LogP contribution in [0.25, 0.3) is 0 Å². The molecule has 3 heteroatoms. The topological polar surface area (TPSA) is 46.3 Å². The van der Waals surface area contributed by atoms with Crippen molar-refractivity contribution < 1.29 is 9.52 Å². The number of aliphatic hydroxyl groups excluding tert-OH is 1. The van der Waals surface area contributed by atoms with Gasteiger partial charge in [0, 0.05) is 18.9 Å². The van der Waals surface area contributed by atoms with Gasteiger partial charge >= 0.3 is 0 Å². The number of nitrogens with zero attached hydrogens (tertiary/aromatic N) is 1. The summed E-state index contributed by atoms with van der Waals surface area (Å²) in [5.41, 5.74) is 0.925. The van der Waals surface area contributed by atoms with Gasteiger partial charge in [-0.25, -0.2) is 4.98 Å². The Bertz CT molecular complexity index is 300. The lowest BCUT2D eigenvalue weighted by Gasteiger charge is -2.00. The van der Waals surface area contributed by atoms with Crippen molar-refractivity contribution in [1.82, 2.24) is 4.98 Å². The standard InChI is InChI=1S/C11H17NO2/c1-8-10(6-7-13)12-11(14-8)9-4-2-3-5-9/h9,13H,2-7H2,1H3. The van der Waals surface area contributed by atoms with Gasteiger partial charge in [-0.05, 0) is 19.8 Å². The van der Waals surface area contributed by atoms with E-state index in [0.717, 1.165) is 17.3 Å². The molecule has 0 spiro atoms. The predicted molar refractivity (Wildman–Crippen MR) is 53.2 cm³/mol. The quantitative estimate of drug-likeness (QED) is 0.804. The first-order valence-electron chi connectivity index (χ1n) is 5.38. The van der Waals surface area contributed by atoms with Gasteiger partial charge < -0.3 is 9.52 Å². The minimum absolute atomic E-state index is 0.150. The van der Waals surface area contributed by atoms with E-state index in [4.69, 9.17) is 9.52 Å². The lowest BCUT2D eigenvalue weighted by molar-refractivity contribution is 0.297. The van der Waals surface area contributed by atoms with Crippen LogP contribution in [0.15, 0.2) is 4.42 Å². The monoisotopic (exact) mass is 195 g/mol. The molecule has 78 valence electrons. The van der Waals surface area contributed by atoms with Crippen LogP contribution in [0.3, 0.4) is 0 Å². The van der Waals surface area contributed by atoms with Crippen LogP contribution >= 0.6 is 0 Å².